The Balaban J connectivity index is 1.40. The summed E-state index contributed by atoms with van der Waals surface area (Å²) in [7, 11) is 0. The Morgan fingerprint density at radius 2 is 1.64 bits per heavy atom. The largest absolute Gasteiger partial charge is 0.340 e. The van der Waals surface area contributed by atoms with Gasteiger partial charge in [-0.1, -0.05) is 17.7 Å². The molecule has 7 heteroatoms. The minimum atomic E-state index is 0.0167. The Labute approximate surface area is 164 Å². The van der Waals surface area contributed by atoms with Gasteiger partial charge in [-0.3, -0.25) is 4.79 Å². The molecule has 0 bridgehead atoms. The maximum Gasteiger partial charge on any atom is 0.254 e. The second kappa shape index (κ2) is 8.04. The molecular weight excluding hydrogens is 352 g/mol. The van der Waals surface area contributed by atoms with E-state index in [1.54, 1.807) is 36.8 Å². The van der Waals surface area contributed by atoms with E-state index in [4.69, 9.17) is 0 Å². The van der Waals surface area contributed by atoms with Gasteiger partial charge in [0.25, 0.3) is 5.91 Å². The third-order valence-corrected chi connectivity index (χ3v) is 4.73. The van der Waals surface area contributed by atoms with Gasteiger partial charge in [0.05, 0.1) is 0 Å². The number of anilines is 3. The van der Waals surface area contributed by atoms with E-state index in [2.05, 4.69) is 25.2 Å². The Morgan fingerprint density at radius 3 is 2.36 bits per heavy atom. The number of hydrogen-bond donors (Lipinski definition) is 1. The molecule has 3 aromatic rings. The second-order valence-corrected chi connectivity index (χ2v) is 6.75. The lowest BCUT2D eigenvalue weighted by Gasteiger charge is -2.34. The summed E-state index contributed by atoms with van der Waals surface area (Å²) in [5.74, 6) is 1.39. The first-order valence-electron chi connectivity index (χ1n) is 9.30. The summed E-state index contributed by atoms with van der Waals surface area (Å²) in [5, 5.41) is 3.25. The molecule has 7 nitrogen and oxygen atoms in total. The molecule has 1 aliphatic heterocycles. The van der Waals surface area contributed by atoms with Crippen LogP contribution in [0.1, 0.15) is 15.9 Å². The van der Waals surface area contributed by atoms with E-state index < -0.39 is 0 Å². The molecule has 0 unspecified atom stereocenters. The van der Waals surface area contributed by atoms with Crippen LogP contribution < -0.4 is 10.2 Å². The quantitative estimate of drug-likeness (QED) is 0.757. The predicted octanol–water partition coefficient (Wildman–Crippen LogP) is 2.89. The molecule has 0 radical (unpaired) electrons. The third kappa shape index (κ3) is 4.09. The van der Waals surface area contributed by atoms with E-state index in [-0.39, 0.29) is 5.91 Å². The topological polar surface area (TPSA) is 74.2 Å². The Hall–Kier alpha value is -3.48. The highest BCUT2D eigenvalue weighted by Crippen LogP contribution is 2.18. The van der Waals surface area contributed by atoms with Crippen LogP contribution in [0, 0.1) is 6.92 Å². The smallest absolute Gasteiger partial charge is 0.254 e. The van der Waals surface area contributed by atoms with E-state index in [0.29, 0.717) is 30.4 Å². The van der Waals surface area contributed by atoms with Crippen molar-refractivity contribution in [2.24, 2.45) is 0 Å². The first-order valence-corrected chi connectivity index (χ1v) is 9.30. The number of nitrogens with one attached hydrogen (secondary N) is 1. The van der Waals surface area contributed by atoms with Gasteiger partial charge >= 0.3 is 0 Å². The number of piperazine rings is 1. The molecule has 1 aliphatic rings. The standard InChI is InChI=1S/C21H22N6O/c1-16-3-5-18(6-4-16)25-19-15-17(7-10-22-19)20(28)26-11-13-27(14-12-26)21-23-8-2-9-24-21/h2-10,15H,11-14H2,1H3,(H,22,25). The molecule has 142 valence electrons. The van der Waals surface area contributed by atoms with Crippen LogP contribution in [0.25, 0.3) is 0 Å². The summed E-state index contributed by atoms with van der Waals surface area (Å²) in [4.78, 5) is 29.8. The molecule has 2 aromatic heterocycles. The van der Waals surface area contributed by atoms with Crippen LogP contribution in [-0.4, -0.2) is 51.9 Å². The number of carbonyl (C=O) groups excluding carboxylic acids is 1. The van der Waals surface area contributed by atoms with Gasteiger partial charge in [0.2, 0.25) is 5.95 Å². The van der Waals surface area contributed by atoms with Gasteiger partial charge in [0, 0.05) is 56.0 Å². The summed E-state index contributed by atoms with van der Waals surface area (Å²) in [6, 6.07) is 13.4. The summed E-state index contributed by atoms with van der Waals surface area (Å²) in [6.07, 6.45) is 5.14. The number of benzene rings is 1. The van der Waals surface area contributed by atoms with Crippen molar-refractivity contribution < 1.29 is 4.79 Å². The highest BCUT2D eigenvalue weighted by molar-refractivity contribution is 5.95. The van der Waals surface area contributed by atoms with Gasteiger partial charge in [0.1, 0.15) is 5.82 Å². The molecule has 1 saturated heterocycles. The molecule has 0 saturated carbocycles. The number of nitrogens with zero attached hydrogens (tertiary/aromatic N) is 5. The molecule has 0 aliphatic carbocycles. The zero-order valence-corrected chi connectivity index (χ0v) is 15.7. The summed E-state index contributed by atoms with van der Waals surface area (Å²) < 4.78 is 0. The van der Waals surface area contributed by atoms with Crippen LogP contribution in [0.15, 0.2) is 61.1 Å². The Morgan fingerprint density at radius 1 is 0.929 bits per heavy atom. The van der Waals surface area contributed by atoms with Gasteiger partial charge in [-0.05, 0) is 37.3 Å². The highest BCUT2D eigenvalue weighted by Gasteiger charge is 2.23. The van der Waals surface area contributed by atoms with Crippen molar-refractivity contribution >= 4 is 23.4 Å². The summed E-state index contributed by atoms with van der Waals surface area (Å²) >= 11 is 0. The number of rotatable bonds is 4. The van der Waals surface area contributed by atoms with Crippen molar-refractivity contribution in [3.05, 3.63) is 72.2 Å². The van der Waals surface area contributed by atoms with Crippen LogP contribution in [0.4, 0.5) is 17.5 Å². The maximum absolute atomic E-state index is 12.9. The van der Waals surface area contributed by atoms with Gasteiger partial charge < -0.3 is 15.1 Å². The highest BCUT2D eigenvalue weighted by atomic mass is 16.2. The van der Waals surface area contributed by atoms with E-state index in [9.17, 15) is 4.79 Å². The molecule has 1 N–H and O–H groups in total. The molecule has 0 spiro atoms. The van der Waals surface area contributed by atoms with Crippen molar-refractivity contribution in [3.8, 4) is 0 Å². The molecule has 1 amide bonds. The number of pyridine rings is 1. The fourth-order valence-electron chi connectivity index (χ4n) is 3.16. The minimum Gasteiger partial charge on any atom is -0.340 e. The predicted molar refractivity (Wildman–Crippen MR) is 109 cm³/mol. The molecule has 3 heterocycles. The van der Waals surface area contributed by atoms with Crippen LogP contribution in [0.5, 0.6) is 0 Å². The van der Waals surface area contributed by atoms with Crippen molar-refractivity contribution in [1.29, 1.82) is 0 Å². The summed E-state index contributed by atoms with van der Waals surface area (Å²) in [6.45, 7) is 4.76. The van der Waals surface area contributed by atoms with E-state index in [1.807, 2.05) is 36.1 Å². The fourth-order valence-corrected chi connectivity index (χ4v) is 3.16. The monoisotopic (exact) mass is 374 g/mol. The molecular formula is C21H22N6O. The zero-order valence-electron chi connectivity index (χ0n) is 15.7. The van der Waals surface area contributed by atoms with E-state index in [1.165, 1.54) is 5.56 Å². The molecule has 1 fully saturated rings. The number of amides is 1. The van der Waals surface area contributed by atoms with Gasteiger partial charge in [-0.25, -0.2) is 15.0 Å². The van der Waals surface area contributed by atoms with Gasteiger partial charge in [-0.2, -0.15) is 0 Å². The van der Waals surface area contributed by atoms with Crippen LogP contribution in [0.2, 0.25) is 0 Å². The lowest BCUT2D eigenvalue weighted by molar-refractivity contribution is 0.0746. The number of aryl methyl sites for hydroxylation is 1. The third-order valence-electron chi connectivity index (χ3n) is 4.73. The van der Waals surface area contributed by atoms with Crippen LogP contribution in [-0.2, 0) is 0 Å². The maximum atomic E-state index is 12.9. The van der Waals surface area contributed by atoms with E-state index >= 15 is 0 Å². The molecule has 4 rings (SSSR count). The van der Waals surface area contributed by atoms with E-state index in [0.717, 1.165) is 18.8 Å². The lowest BCUT2D eigenvalue weighted by atomic mass is 10.2. The average Bonchev–Trinajstić information content (AvgIpc) is 2.76. The minimum absolute atomic E-state index is 0.0167. The molecule has 28 heavy (non-hydrogen) atoms. The number of carbonyl (C=O) groups is 1. The Bertz CT molecular complexity index is 937. The SMILES string of the molecule is Cc1ccc(Nc2cc(C(=O)N3CCN(c4ncccn4)CC3)ccn2)cc1. The number of hydrogen-bond acceptors (Lipinski definition) is 6. The van der Waals surface area contributed by atoms with Crippen molar-refractivity contribution in [2.75, 3.05) is 36.4 Å². The normalized spacial score (nSPS) is 14.0. The first-order chi connectivity index (χ1) is 13.7. The second-order valence-electron chi connectivity index (χ2n) is 6.75. The fraction of sp³-hybridized carbons (Fsp3) is 0.238. The zero-order chi connectivity index (χ0) is 19.3. The first kappa shape index (κ1) is 17.9. The van der Waals surface area contributed by atoms with Crippen molar-refractivity contribution in [3.63, 3.8) is 0 Å². The lowest BCUT2D eigenvalue weighted by Crippen LogP contribution is -2.49. The number of aromatic nitrogens is 3. The average molecular weight is 374 g/mol. The van der Waals surface area contributed by atoms with Crippen molar-refractivity contribution in [2.45, 2.75) is 6.92 Å². The van der Waals surface area contributed by atoms with Crippen molar-refractivity contribution in [1.82, 2.24) is 19.9 Å². The van der Waals surface area contributed by atoms with Crippen LogP contribution >= 0.6 is 0 Å². The summed E-state index contributed by atoms with van der Waals surface area (Å²) in [5.41, 5.74) is 2.77. The molecule has 1 aromatic carbocycles. The van der Waals surface area contributed by atoms with Gasteiger partial charge in [-0.15, -0.1) is 0 Å². The van der Waals surface area contributed by atoms with Gasteiger partial charge in [0.15, 0.2) is 0 Å². The Kier molecular flexibility index (Phi) is 5.14. The van der Waals surface area contributed by atoms with Crippen LogP contribution in [0.3, 0.4) is 0 Å². The molecule has 0 atom stereocenters.